The lowest BCUT2D eigenvalue weighted by Crippen LogP contribution is -2.29. The fourth-order valence-electron chi connectivity index (χ4n) is 1.67. The van der Waals surface area contributed by atoms with Gasteiger partial charge in [-0.3, -0.25) is 0 Å². The number of hydrogen-bond donors (Lipinski definition) is 1. The molecular weight excluding hydrogens is 182 g/mol. The van der Waals surface area contributed by atoms with Crippen molar-refractivity contribution >= 4 is 12.6 Å². The van der Waals surface area contributed by atoms with Crippen molar-refractivity contribution < 1.29 is 4.74 Å². The normalized spacial score (nSPS) is 19.4. The van der Waals surface area contributed by atoms with E-state index in [1.165, 1.54) is 19.4 Å². The van der Waals surface area contributed by atoms with Gasteiger partial charge in [-0.15, -0.1) is 0 Å². The molecule has 0 atom stereocenters. The molecule has 0 aromatic heterocycles. The van der Waals surface area contributed by atoms with Crippen LogP contribution in [-0.4, -0.2) is 44.5 Å². The molecule has 0 amide bonds. The number of methoxy groups -OCH3 is 1. The third kappa shape index (κ3) is 3.88. The Bertz CT molecular complexity index is 148. The van der Waals surface area contributed by atoms with Crippen molar-refractivity contribution in [1.82, 2.24) is 4.90 Å². The first-order chi connectivity index (χ1) is 6.22. The SMILES string of the molecule is COCCCN(C)CC1(CS)CC1. The summed E-state index contributed by atoms with van der Waals surface area (Å²) >= 11 is 4.40. The fourth-order valence-corrected chi connectivity index (χ4v) is 2.09. The molecule has 0 aliphatic heterocycles. The second kappa shape index (κ2) is 5.23. The maximum Gasteiger partial charge on any atom is 0.0474 e. The van der Waals surface area contributed by atoms with E-state index in [0.717, 1.165) is 25.3 Å². The summed E-state index contributed by atoms with van der Waals surface area (Å²) in [7, 11) is 3.95. The highest BCUT2D eigenvalue weighted by Gasteiger charge is 2.41. The molecule has 0 aromatic carbocycles. The fraction of sp³-hybridized carbons (Fsp3) is 1.00. The largest absolute Gasteiger partial charge is 0.385 e. The van der Waals surface area contributed by atoms with Gasteiger partial charge < -0.3 is 9.64 Å². The van der Waals surface area contributed by atoms with E-state index < -0.39 is 0 Å². The summed E-state index contributed by atoms with van der Waals surface area (Å²) in [5.74, 6) is 1.04. The lowest BCUT2D eigenvalue weighted by Gasteiger charge is -2.22. The van der Waals surface area contributed by atoms with Gasteiger partial charge in [0.2, 0.25) is 0 Å². The van der Waals surface area contributed by atoms with Crippen molar-refractivity contribution in [2.45, 2.75) is 19.3 Å². The quantitative estimate of drug-likeness (QED) is 0.499. The highest BCUT2D eigenvalue weighted by Crippen LogP contribution is 2.46. The monoisotopic (exact) mass is 203 g/mol. The molecule has 13 heavy (non-hydrogen) atoms. The van der Waals surface area contributed by atoms with Crippen LogP contribution in [0.3, 0.4) is 0 Å². The summed E-state index contributed by atoms with van der Waals surface area (Å²) in [6, 6.07) is 0. The highest BCUT2D eigenvalue weighted by atomic mass is 32.1. The van der Waals surface area contributed by atoms with Crippen molar-refractivity contribution in [1.29, 1.82) is 0 Å². The van der Waals surface area contributed by atoms with Gasteiger partial charge >= 0.3 is 0 Å². The van der Waals surface area contributed by atoms with E-state index in [9.17, 15) is 0 Å². The van der Waals surface area contributed by atoms with Crippen LogP contribution in [0.15, 0.2) is 0 Å². The van der Waals surface area contributed by atoms with E-state index in [4.69, 9.17) is 4.74 Å². The van der Waals surface area contributed by atoms with Gasteiger partial charge in [-0.25, -0.2) is 0 Å². The van der Waals surface area contributed by atoms with E-state index in [-0.39, 0.29) is 0 Å². The first-order valence-corrected chi connectivity index (χ1v) is 5.64. The topological polar surface area (TPSA) is 12.5 Å². The Morgan fingerprint density at radius 1 is 1.46 bits per heavy atom. The first kappa shape index (κ1) is 11.3. The van der Waals surface area contributed by atoms with Crippen molar-refractivity contribution in [2.24, 2.45) is 5.41 Å². The van der Waals surface area contributed by atoms with Crippen LogP contribution in [0.25, 0.3) is 0 Å². The lowest BCUT2D eigenvalue weighted by molar-refractivity contribution is 0.174. The maximum absolute atomic E-state index is 5.02. The molecule has 1 aliphatic carbocycles. The zero-order valence-electron chi connectivity index (χ0n) is 8.75. The molecule has 0 saturated heterocycles. The highest BCUT2D eigenvalue weighted by molar-refractivity contribution is 7.80. The smallest absolute Gasteiger partial charge is 0.0474 e. The van der Waals surface area contributed by atoms with Crippen molar-refractivity contribution in [3.8, 4) is 0 Å². The van der Waals surface area contributed by atoms with Crippen LogP contribution in [0.5, 0.6) is 0 Å². The molecule has 1 fully saturated rings. The molecule has 0 radical (unpaired) electrons. The standard InChI is InChI=1S/C10H21NOS/c1-11(6-3-7-12-2)8-10(9-13)4-5-10/h13H,3-9H2,1-2H3. The van der Waals surface area contributed by atoms with Crippen LogP contribution < -0.4 is 0 Å². The van der Waals surface area contributed by atoms with Crippen molar-refractivity contribution in [2.75, 3.05) is 39.6 Å². The number of thiol groups is 1. The average Bonchev–Trinajstić information content (AvgIpc) is 2.86. The second-order valence-corrected chi connectivity index (χ2v) is 4.56. The number of hydrogen-bond acceptors (Lipinski definition) is 3. The Morgan fingerprint density at radius 3 is 2.62 bits per heavy atom. The van der Waals surface area contributed by atoms with E-state index >= 15 is 0 Å². The molecule has 0 heterocycles. The van der Waals surface area contributed by atoms with E-state index in [2.05, 4.69) is 24.6 Å². The molecule has 1 aliphatic rings. The minimum absolute atomic E-state index is 0.560. The van der Waals surface area contributed by atoms with Crippen molar-refractivity contribution in [3.05, 3.63) is 0 Å². The summed E-state index contributed by atoms with van der Waals surface area (Å²) in [4.78, 5) is 2.40. The molecule has 0 aromatic rings. The van der Waals surface area contributed by atoms with Crippen LogP contribution in [0.4, 0.5) is 0 Å². The minimum atomic E-state index is 0.560. The van der Waals surface area contributed by atoms with E-state index in [0.29, 0.717) is 5.41 Å². The Hall–Kier alpha value is 0.270. The summed E-state index contributed by atoms with van der Waals surface area (Å²) in [6.07, 6.45) is 3.87. The zero-order valence-corrected chi connectivity index (χ0v) is 9.65. The third-order valence-electron chi connectivity index (χ3n) is 2.79. The molecule has 2 nitrogen and oxygen atoms in total. The van der Waals surface area contributed by atoms with Crippen LogP contribution in [0.2, 0.25) is 0 Å². The third-order valence-corrected chi connectivity index (χ3v) is 3.46. The van der Waals surface area contributed by atoms with Gasteiger partial charge in [0.1, 0.15) is 0 Å². The van der Waals surface area contributed by atoms with Crippen LogP contribution in [0, 0.1) is 5.41 Å². The predicted octanol–water partition coefficient (Wildman–Crippen LogP) is 1.66. The summed E-state index contributed by atoms with van der Waals surface area (Å²) in [6.45, 7) is 3.22. The van der Waals surface area contributed by atoms with Gasteiger partial charge in [0, 0.05) is 26.8 Å². The minimum Gasteiger partial charge on any atom is -0.385 e. The second-order valence-electron chi connectivity index (χ2n) is 4.24. The average molecular weight is 203 g/mol. The van der Waals surface area contributed by atoms with Crippen molar-refractivity contribution in [3.63, 3.8) is 0 Å². The lowest BCUT2D eigenvalue weighted by atomic mass is 10.1. The number of rotatable bonds is 7. The number of nitrogens with zero attached hydrogens (tertiary/aromatic N) is 1. The van der Waals surface area contributed by atoms with E-state index in [1.54, 1.807) is 7.11 Å². The Balaban J connectivity index is 2.07. The van der Waals surface area contributed by atoms with E-state index in [1.807, 2.05) is 0 Å². The van der Waals surface area contributed by atoms with Gasteiger partial charge in [0.15, 0.2) is 0 Å². The van der Waals surface area contributed by atoms with Crippen LogP contribution in [0.1, 0.15) is 19.3 Å². The first-order valence-electron chi connectivity index (χ1n) is 5.01. The molecule has 0 N–H and O–H groups in total. The van der Waals surface area contributed by atoms with Crippen LogP contribution >= 0.6 is 12.6 Å². The van der Waals surface area contributed by atoms with Gasteiger partial charge in [-0.1, -0.05) is 0 Å². The number of ether oxygens (including phenoxy) is 1. The molecule has 0 bridgehead atoms. The Kier molecular flexibility index (Phi) is 4.56. The molecule has 0 spiro atoms. The molecule has 78 valence electrons. The zero-order chi connectivity index (χ0) is 9.73. The van der Waals surface area contributed by atoms with Gasteiger partial charge in [0.05, 0.1) is 0 Å². The molecule has 3 heteroatoms. The maximum atomic E-state index is 5.02. The molecule has 1 rings (SSSR count). The summed E-state index contributed by atoms with van der Waals surface area (Å²) in [5.41, 5.74) is 0.560. The van der Waals surface area contributed by atoms with Crippen LogP contribution in [-0.2, 0) is 4.74 Å². The predicted molar refractivity (Wildman–Crippen MR) is 59.5 cm³/mol. The summed E-state index contributed by atoms with van der Waals surface area (Å²) in [5, 5.41) is 0. The Labute approximate surface area is 87.0 Å². The Morgan fingerprint density at radius 2 is 2.15 bits per heavy atom. The van der Waals surface area contributed by atoms with Gasteiger partial charge in [-0.2, -0.15) is 12.6 Å². The molecule has 0 unspecified atom stereocenters. The van der Waals surface area contributed by atoms with Gasteiger partial charge in [0.25, 0.3) is 0 Å². The molecular formula is C10H21NOS. The van der Waals surface area contributed by atoms with Gasteiger partial charge in [-0.05, 0) is 37.5 Å². The summed E-state index contributed by atoms with van der Waals surface area (Å²) < 4.78 is 5.02. The molecule has 1 saturated carbocycles.